The summed E-state index contributed by atoms with van der Waals surface area (Å²) in [6.07, 6.45) is 0. The lowest BCUT2D eigenvalue weighted by Gasteiger charge is -2.12. The van der Waals surface area contributed by atoms with Crippen molar-refractivity contribution < 1.29 is 0 Å². The fourth-order valence-electron chi connectivity index (χ4n) is 18.7. The van der Waals surface area contributed by atoms with Crippen LogP contribution in [0.15, 0.2) is 522 Å². The minimum Gasteiger partial charge on any atom is -0.248 e. The first kappa shape index (κ1) is 105. The van der Waals surface area contributed by atoms with Gasteiger partial charge in [0.2, 0.25) is 0 Å². The normalized spacial score (nSPS) is 10.3. The van der Waals surface area contributed by atoms with Gasteiger partial charge in [-0.2, -0.15) is 0 Å². The summed E-state index contributed by atoms with van der Waals surface area (Å²) in [6, 6.07) is 180. The molecule has 5 heteroatoms. The lowest BCUT2D eigenvalue weighted by atomic mass is 9.95. The van der Waals surface area contributed by atoms with E-state index in [2.05, 4.69) is 362 Å². The molecule has 724 valence electrons. The SMILES string of the molecule is CC.CC.CC.CC.CC.Cc1c2c(ccc3ccccc32)nc2ccc3ccccc3c12.Cc1c2ccc3ccccc3c2nc2c1ccc1ccccc12.Cc1c2ccc3ccccc3c2nc2ccc3ccccc3c12.Cc1c2ccccc2nc2c1ccc1ccccc12.Cc1c2ccccc2nc2ccc3ccccc3c12.c1ccccc1.c1ccccc1.c1ccccc1.c1ccccc1.c1ccccc1. The van der Waals surface area contributed by atoms with E-state index in [4.69, 9.17) is 24.9 Å². The van der Waals surface area contributed by atoms with E-state index in [-0.39, 0.29) is 0 Å². The van der Waals surface area contributed by atoms with Gasteiger partial charge in [-0.15, -0.1) is 0 Å². The van der Waals surface area contributed by atoms with E-state index in [1.165, 1.54) is 168 Å². The van der Waals surface area contributed by atoms with Gasteiger partial charge in [0.15, 0.2) is 0 Å². The molecule has 0 fully saturated rings. The third-order valence-electron chi connectivity index (χ3n) is 25.5. The molecule has 0 amide bonds. The third-order valence-corrected chi connectivity index (χ3v) is 25.5. The maximum Gasteiger partial charge on any atom is 0.0790 e. The van der Waals surface area contributed by atoms with Crippen LogP contribution in [0.25, 0.3) is 195 Å². The van der Waals surface area contributed by atoms with Gasteiger partial charge in [-0.3, -0.25) is 0 Å². The largest absolute Gasteiger partial charge is 0.248 e. The van der Waals surface area contributed by atoms with Gasteiger partial charge in [0, 0.05) is 75.4 Å². The van der Waals surface area contributed by atoms with Crippen molar-refractivity contribution in [3.63, 3.8) is 0 Å². The van der Waals surface area contributed by atoms with Crippen LogP contribution in [-0.2, 0) is 0 Å². The Kier molecular flexibility index (Phi) is 38.7. The molecule has 0 N–H and O–H groups in total. The van der Waals surface area contributed by atoms with E-state index in [1.807, 2.05) is 263 Å². The second-order valence-electron chi connectivity index (χ2n) is 33.9. The fourth-order valence-corrected chi connectivity index (χ4v) is 18.7. The summed E-state index contributed by atoms with van der Waals surface area (Å²) >= 11 is 0. The standard InChI is InChI=1S/3C22H15N.2C18H13N.5C6H6.5C2H6/c1-14-17-12-10-16-7-3-5-9-19(16)22(17)23-20-13-11-15-6-2-4-8-18(15)21(14)20;1-14-17-12-10-15-6-2-4-8-19(15)21(17)23-22-18(14)13-11-16-7-3-5-9-20(16)22;1-14-21-17-8-4-2-6-15(17)10-12-19(21)23-20-13-11-16-7-3-5-9-18(16)22(14)20;1-12-14-7-4-5-9-17(14)19-18-15(12)11-10-13-6-2-3-8-16(13)18;1-12-14-7-4-5-9-16(14)19-17-11-10-13-6-2-3-8-15(13)18(12)17;5*1-2-4-6-5-3-1;5*1-2/h3*2-13H,1H3;2*2-11H,1H3;5*1-6H;5*1-2H3. The van der Waals surface area contributed by atoms with Crippen LogP contribution >= 0.6 is 0 Å². The number of rotatable bonds is 0. The van der Waals surface area contributed by atoms with Gasteiger partial charge in [-0.25, -0.2) is 24.9 Å². The van der Waals surface area contributed by atoms with Crippen LogP contribution in [0.1, 0.15) is 97.1 Å². The molecule has 0 saturated heterocycles. The first-order valence-corrected chi connectivity index (χ1v) is 51.8. The van der Waals surface area contributed by atoms with E-state index in [9.17, 15) is 0 Å². The first-order valence-electron chi connectivity index (χ1n) is 51.8. The summed E-state index contributed by atoms with van der Waals surface area (Å²) in [5.41, 5.74) is 17.4. The number of nitrogens with zero attached hydrogens (tertiary/aromatic N) is 5. The van der Waals surface area contributed by atoms with Crippen LogP contribution in [0.4, 0.5) is 0 Å². The molecule has 0 aliphatic carbocycles. The van der Waals surface area contributed by atoms with Gasteiger partial charge in [0.05, 0.1) is 55.2 Å². The number of pyridine rings is 5. The van der Waals surface area contributed by atoms with Crippen molar-refractivity contribution in [2.24, 2.45) is 0 Å². The molecule has 28 rings (SSSR count). The maximum atomic E-state index is 5.09. The molecule has 0 saturated carbocycles. The van der Waals surface area contributed by atoms with Crippen LogP contribution < -0.4 is 0 Å². The van der Waals surface area contributed by atoms with E-state index >= 15 is 0 Å². The molecule has 147 heavy (non-hydrogen) atoms. The summed E-state index contributed by atoms with van der Waals surface area (Å²) in [6.45, 7) is 31.0. The molecule has 0 aliphatic heterocycles. The lowest BCUT2D eigenvalue weighted by Crippen LogP contribution is -1.90. The van der Waals surface area contributed by atoms with Gasteiger partial charge >= 0.3 is 0 Å². The van der Waals surface area contributed by atoms with Crippen molar-refractivity contribution in [3.05, 3.63) is 550 Å². The number of para-hydroxylation sites is 2. The molecule has 0 aliphatic rings. The highest BCUT2D eigenvalue weighted by Crippen LogP contribution is 2.40. The summed E-state index contributed by atoms with van der Waals surface area (Å²) in [4.78, 5) is 24.7. The zero-order valence-electron chi connectivity index (χ0n) is 87.4. The highest BCUT2D eigenvalue weighted by atomic mass is 14.7. The van der Waals surface area contributed by atoms with Crippen molar-refractivity contribution in [3.8, 4) is 0 Å². The molecule has 0 radical (unpaired) electrons. The maximum absolute atomic E-state index is 5.09. The van der Waals surface area contributed by atoms with Crippen LogP contribution in [0.3, 0.4) is 0 Å². The summed E-state index contributed by atoms with van der Waals surface area (Å²) < 4.78 is 0. The monoisotopic (exact) mass is 1910 g/mol. The molecular formula is C142H131N5. The van der Waals surface area contributed by atoms with Gasteiger partial charge in [0.1, 0.15) is 0 Å². The number of fused-ring (bicyclic) bond motifs is 26. The quantitative estimate of drug-likeness (QED) is 0.112. The summed E-state index contributed by atoms with van der Waals surface area (Å²) in [7, 11) is 0. The van der Waals surface area contributed by atoms with E-state index in [0.717, 1.165) is 55.2 Å². The number of aromatic nitrogens is 5. The zero-order chi connectivity index (χ0) is 103. The molecule has 0 bridgehead atoms. The molecule has 0 atom stereocenters. The van der Waals surface area contributed by atoms with Crippen molar-refractivity contribution in [1.82, 2.24) is 24.9 Å². The molecule has 28 aromatic rings. The first-order chi connectivity index (χ1) is 72.7. The van der Waals surface area contributed by atoms with Crippen LogP contribution in [0.2, 0.25) is 0 Å². The molecule has 5 aromatic heterocycles. The summed E-state index contributed by atoms with van der Waals surface area (Å²) in [5, 5.41) is 32.6. The summed E-state index contributed by atoms with van der Waals surface area (Å²) in [5.74, 6) is 0. The predicted octanol–water partition coefficient (Wildman–Crippen LogP) is 41.3. The molecule has 23 aromatic carbocycles. The van der Waals surface area contributed by atoms with Crippen molar-refractivity contribution in [2.75, 3.05) is 0 Å². The molecule has 0 unspecified atom stereocenters. The third kappa shape index (κ3) is 25.0. The number of hydrogen-bond acceptors (Lipinski definition) is 5. The Balaban J connectivity index is 0.000000133. The Morgan fingerprint density at radius 2 is 0.259 bits per heavy atom. The van der Waals surface area contributed by atoms with Crippen molar-refractivity contribution in [1.29, 1.82) is 0 Å². The van der Waals surface area contributed by atoms with Gasteiger partial charge in [0.25, 0.3) is 0 Å². The fraction of sp³-hybridized carbons (Fsp3) is 0.106. The second kappa shape index (κ2) is 54.1. The minimum atomic E-state index is 1.07. The van der Waals surface area contributed by atoms with E-state index < -0.39 is 0 Å². The van der Waals surface area contributed by atoms with Crippen LogP contribution in [0, 0.1) is 34.6 Å². The number of benzene rings is 23. The molecule has 0 spiro atoms. The Morgan fingerprint density at radius 3 is 0.524 bits per heavy atom. The Morgan fingerprint density at radius 1 is 0.102 bits per heavy atom. The van der Waals surface area contributed by atoms with Gasteiger partial charge < -0.3 is 0 Å². The Labute approximate surface area is 867 Å². The van der Waals surface area contributed by atoms with Crippen molar-refractivity contribution >= 4 is 195 Å². The highest BCUT2D eigenvalue weighted by Gasteiger charge is 2.17. The molecular weight excluding hydrogens is 1780 g/mol. The lowest BCUT2D eigenvalue weighted by molar-refractivity contribution is 1.46. The van der Waals surface area contributed by atoms with Crippen molar-refractivity contribution in [2.45, 2.75) is 104 Å². The van der Waals surface area contributed by atoms with Gasteiger partial charge in [-0.05, 0) is 163 Å². The average Bonchev–Trinajstić information content (AvgIpc) is 0.732. The molecule has 5 nitrogen and oxygen atoms in total. The van der Waals surface area contributed by atoms with Crippen LogP contribution in [0.5, 0.6) is 0 Å². The topological polar surface area (TPSA) is 64.5 Å². The molecule has 5 heterocycles. The smallest absolute Gasteiger partial charge is 0.0790 e. The predicted molar refractivity (Wildman–Crippen MR) is 649 cm³/mol. The highest BCUT2D eigenvalue weighted by molar-refractivity contribution is 6.21. The average molecular weight is 1910 g/mol. The Bertz CT molecular complexity index is 8590. The number of hydrogen-bond donors (Lipinski definition) is 0. The Hall–Kier alpha value is -17.5. The van der Waals surface area contributed by atoms with Crippen LogP contribution in [-0.4, -0.2) is 24.9 Å². The van der Waals surface area contributed by atoms with E-state index in [0.29, 0.717) is 0 Å². The zero-order valence-corrected chi connectivity index (χ0v) is 87.4. The second-order valence-corrected chi connectivity index (χ2v) is 33.9. The number of aryl methyl sites for hydroxylation is 5. The van der Waals surface area contributed by atoms with E-state index in [1.54, 1.807) is 0 Å². The van der Waals surface area contributed by atoms with Gasteiger partial charge in [-0.1, -0.05) is 555 Å². The minimum absolute atomic E-state index is 1.07.